The zero-order valence-electron chi connectivity index (χ0n) is 39.5. The van der Waals surface area contributed by atoms with Crippen molar-refractivity contribution in [2.75, 3.05) is 37.9 Å². The van der Waals surface area contributed by atoms with Crippen LogP contribution in [0.1, 0.15) is 46.2 Å². The van der Waals surface area contributed by atoms with E-state index in [0.717, 1.165) is 71.8 Å². The van der Waals surface area contributed by atoms with Crippen LogP contribution in [-0.2, 0) is 44.1 Å². The molecular formula is C55H48F10N2O8. The molecule has 0 unspecified atom stereocenters. The van der Waals surface area contributed by atoms with Gasteiger partial charge in [0.25, 0.3) is 0 Å². The fourth-order valence-electron chi connectivity index (χ4n) is 7.09. The molecule has 0 atom stereocenters. The van der Waals surface area contributed by atoms with Gasteiger partial charge in [0.1, 0.15) is 36.2 Å². The number of carbonyl (C=O) groups is 2. The molecule has 6 aromatic rings. The molecule has 0 amide bonds. The largest absolute Gasteiger partial charge is 0.493 e. The Hall–Kier alpha value is -8.16. The maximum Gasteiger partial charge on any atom is 0.426 e. The highest BCUT2D eigenvalue weighted by molar-refractivity contribution is 5.87. The first-order chi connectivity index (χ1) is 35.4. The van der Waals surface area contributed by atoms with Crippen LogP contribution in [0.3, 0.4) is 0 Å². The summed E-state index contributed by atoms with van der Waals surface area (Å²) in [6.07, 6.45) is -13.5. The van der Waals surface area contributed by atoms with Gasteiger partial charge in [0.05, 0.1) is 37.2 Å². The van der Waals surface area contributed by atoms with Crippen LogP contribution in [0.5, 0.6) is 23.0 Å². The summed E-state index contributed by atoms with van der Waals surface area (Å²) in [5, 5.41) is 0. The standard InChI is InChI=1S/C55H48F10N2O8/c56-52(57,58)29-31-70-45-23-11-41(12-24-45)54(62,63)74-47-19-5-37(6-20-47)9-27-49(68)72-35-51(33-39-1-15-43(66)16-2-39,34-40-3-17-44(67)18-4-40)36-73-50(69)28-10-38-7-21-48(22-8-38)75-55(64,65)42-13-25-46(26-14-42)71-32-30-53(59,60)61/h1-28H,29-36,66-67H2/b27-9+,28-10+. The molecule has 20 heteroatoms. The quantitative estimate of drug-likeness (QED) is 0.0260. The van der Waals surface area contributed by atoms with Crippen molar-refractivity contribution >= 4 is 35.5 Å². The number of benzene rings is 6. The zero-order valence-corrected chi connectivity index (χ0v) is 39.5. The molecule has 10 nitrogen and oxygen atoms in total. The molecule has 0 aromatic heterocycles. The second kappa shape index (κ2) is 24.7. The normalized spacial score (nSPS) is 12.4. The maximum atomic E-state index is 15.0. The van der Waals surface area contributed by atoms with Gasteiger partial charge in [-0.15, -0.1) is 0 Å². The van der Waals surface area contributed by atoms with Gasteiger partial charge in [-0.2, -0.15) is 43.9 Å². The third-order valence-corrected chi connectivity index (χ3v) is 10.9. The minimum absolute atomic E-state index is 0.0322. The van der Waals surface area contributed by atoms with Crippen LogP contribution >= 0.6 is 0 Å². The van der Waals surface area contributed by atoms with E-state index >= 15 is 17.6 Å². The van der Waals surface area contributed by atoms with E-state index in [1.807, 2.05) is 0 Å². The number of anilines is 2. The summed E-state index contributed by atoms with van der Waals surface area (Å²) in [5.74, 6) is -2.13. The lowest BCUT2D eigenvalue weighted by atomic mass is 9.77. The molecule has 0 aliphatic carbocycles. The van der Waals surface area contributed by atoms with Crippen LogP contribution in [-0.4, -0.2) is 50.7 Å². The van der Waals surface area contributed by atoms with Crippen molar-refractivity contribution in [3.63, 3.8) is 0 Å². The molecule has 0 aliphatic heterocycles. The monoisotopic (exact) mass is 1050 g/mol. The molecular weight excluding hydrogens is 1010 g/mol. The van der Waals surface area contributed by atoms with Crippen LogP contribution in [0.25, 0.3) is 12.2 Å². The van der Waals surface area contributed by atoms with Crippen LogP contribution in [0.2, 0.25) is 0 Å². The van der Waals surface area contributed by atoms with Gasteiger partial charge in [0.15, 0.2) is 0 Å². The molecule has 0 fully saturated rings. The number of nitrogens with two attached hydrogens (primary N) is 2. The lowest BCUT2D eigenvalue weighted by Gasteiger charge is -2.33. The van der Waals surface area contributed by atoms with Crippen molar-refractivity contribution in [1.29, 1.82) is 0 Å². The molecule has 4 N–H and O–H groups in total. The third kappa shape index (κ3) is 18.7. The third-order valence-electron chi connectivity index (χ3n) is 10.9. The maximum absolute atomic E-state index is 15.0. The lowest BCUT2D eigenvalue weighted by Crippen LogP contribution is -2.38. The summed E-state index contributed by atoms with van der Waals surface area (Å²) in [6, 6.07) is 32.7. The predicted octanol–water partition coefficient (Wildman–Crippen LogP) is 13.1. The molecule has 6 rings (SSSR count). The average Bonchev–Trinajstić information content (AvgIpc) is 3.35. The number of hydrogen-bond donors (Lipinski definition) is 2. The molecule has 0 saturated carbocycles. The number of hydrogen-bond acceptors (Lipinski definition) is 10. The number of nitrogen functional groups attached to an aromatic ring is 2. The molecule has 0 spiro atoms. The Balaban J connectivity index is 1.09. The minimum Gasteiger partial charge on any atom is -0.493 e. The summed E-state index contributed by atoms with van der Waals surface area (Å²) < 4.78 is 166. The fourth-order valence-corrected chi connectivity index (χ4v) is 7.09. The smallest absolute Gasteiger partial charge is 0.426 e. The van der Waals surface area contributed by atoms with Crippen LogP contribution in [0.15, 0.2) is 158 Å². The number of esters is 2. The van der Waals surface area contributed by atoms with Gasteiger partial charge in [0.2, 0.25) is 0 Å². The molecule has 0 bridgehead atoms. The van der Waals surface area contributed by atoms with Crippen molar-refractivity contribution in [2.45, 2.75) is 50.3 Å². The van der Waals surface area contributed by atoms with Gasteiger partial charge >= 0.3 is 36.5 Å². The van der Waals surface area contributed by atoms with E-state index in [0.29, 0.717) is 22.5 Å². The fraction of sp³-hybridized carbons (Fsp3) is 0.236. The molecule has 0 aliphatic rings. The Kier molecular flexibility index (Phi) is 18.5. The van der Waals surface area contributed by atoms with Gasteiger partial charge in [-0.3, -0.25) is 0 Å². The summed E-state index contributed by atoms with van der Waals surface area (Å²) in [6.45, 7) is -1.92. The molecule has 396 valence electrons. The van der Waals surface area contributed by atoms with Crippen LogP contribution in [0, 0.1) is 5.41 Å². The molecule has 75 heavy (non-hydrogen) atoms. The highest BCUT2D eigenvalue weighted by Gasteiger charge is 2.37. The van der Waals surface area contributed by atoms with Crippen molar-refractivity contribution in [2.24, 2.45) is 5.41 Å². The topological polar surface area (TPSA) is 142 Å². The summed E-state index contributed by atoms with van der Waals surface area (Å²) in [5.41, 5.74) is 13.0. The van der Waals surface area contributed by atoms with E-state index in [2.05, 4.69) is 0 Å². The van der Waals surface area contributed by atoms with E-state index < -0.39 is 79.1 Å². The van der Waals surface area contributed by atoms with Crippen molar-refractivity contribution in [1.82, 2.24) is 0 Å². The Labute approximate surface area is 424 Å². The zero-order chi connectivity index (χ0) is 54.3. The van der Waals surface area contributed by atoms with Crippen molar-refractivity contribution < 1.29 is 81.9 Å². The van der Waals surface area contributed by atoms with E-state index in [9.17, 15) is 35.9 Å². The van der Waals surface area contributed by atoms with Crippen molar-refractivity contribution in [3.05, 3.63) is 191 Å². The molecule has 0 heterocycles. The first kappa shape index (κ1) is 56.1. The average molecular weight is 1050 g/mol. The first-order valence-electron chi connectivity index (χ1n) is 22.7. The minimum atomic E-state index is -4.43. The number of rotatable bonds is 24. The second-order valence-electron chi connectivity index (χ2n) is 17.1. The van der Waals surface area contributed by atoms with Crippen LogP contribution in [0.4, 0.5) is 55.3 Å². The summed E-state index contributed by atoms with van der Waals surface area (Å²) in [4.78, 5) is 26.6. The van der Waals surface area contributed by atoms with Crippen LogP contribution < -0.4 is 30.4 Å². The van der Waals surface area contributed by atoms with Crippen molar-refractivity contribution in [3.8, 4) is 23.0 Å². The van der Waals surface area contributed by atoms with E-state index in [1.165, 1.54) is 60.7 Å². The summed E-state index contributed by atoms with van der Waals surface area (Å²) in [7, 11) is 0. The number of carbonyl (C=O) groups excluding carboxylic acids is 2. The Morgan fingerprint density at radius 3 is 1.07 bits per heavy atom. The number of halogens is 10. The summed E-state index contributed by atoms with van der Waals surface area (Å²) >= 11 is 0. The van der Waals surface area contributed by atoms with Gasteiger partial charge in [-0.1, -0.05) is 48.5 Å². The van der Waals surface area contributed by atoms with Gasteiger partial charge in [0, 0.05) is 28.9 Å². The van der Waals surface area contributed by atoms with Gasteiger partial charge in [-0.05, 0) is 144 Å². The predicted molar refractivity (Wildman–Crippen MR) is 259 cm³/mol. The number of ether oxygens (including phenoxy) is 6. The number of alkyl halides is 10. The van der Waals surface area contributed by atoms with Gasteiger partial charge in [-0.25, -0.2) is 9.59 Å². The van der Waals surface area contributed by atoms with E-state index in [1.54, 1.807) is 48.5 Å². The second-order valence-corrected chi connectivity index (χ2v) is 17.1. The molecule has 0 saturated heterocycles. The Morgan fingerprint density at radius 1 is 0.427 bits per heavy atom. The Morgan fingerprint density at radius 2 is 0.747 bits per heavy atom. The highest BCUT2D eigenvalue weighted by Crippen LogP contribution is 2.36. The van der Waals surface area contributed by atoms with E-state index in [-0.39, 0.29) is 49.1 Å². The van der Waals surface area contributed by atoms with E-state index in [4.69, 9.17) is 39.9 Å². The Bertz CT molecular complexity index is 2640. The first-order valence-corrected chi connectivity index (χ1v) is 22.7. The molecule has 6 aromatic carbocycles. The molecule has 0 radical (unpaired) electrons. The van der Waals surface area contributed by atoms with Gasteiger partial charge < -0.3 is 39.9 Å². The lowest BCUT2D eigenvalue weighted by molar-refractivity contribution is -0.186. The highest BCUT2D eigenvalue weighted by atomic mass is 19.4. The SMILES string of the molecule is Nc1ccc(CC(COC(=O)/C=C/c2ccc(OC(F)(F)c3ccc(OCCC(F)(F)F)cc3)cc2)(COC(=O)/C=C/c2ccc(OC(F)(F)c3ccc(OCCC(F)(F)F)cc3)cc2)Cc2ccc(N)cc2)cc1.